The molecule has 0 amide bonds. The van der Waals surface area contributed by atoms with Gasteiger partial charge in [0.05, 0.1) is 16.0 Å². The SMILES string of the molecule is O=C(c1ccc(F)s1)c1c(O)[n+]2ccccc2n1Cc1cnc(Cl)s1. The average molecular weight is 395 g/mol. The maximum absolute atomic E-state index is 13.3. The summed E-state index contributed by atoms with van der Waals surface area (Å²) in [7, 11) is 0. The normalized spacial score (nSPS) is 11.3. The van der Waals surface area contributed by atoms with E-state index in [1.807, 2.05) is 6.07 Å². The van der Waals surface area contributed by atoms with Crippen molar-refractivity contribution in [1.29, 1.82) is 0 Å². The lowest BCUT2D eigenvalue weighted by Crippen LogP contribution is -2.19. The van der Waals surface area contributed by atoms with Crippen LogP contribution in [-0.2, 0) is 6.54 Å². The minimum Gasteiger partial charge on any atom is -0.474 e. The van der Waals surface area contributed by atoms with E-state index in [0.29, 0.717) is 16.7 Å². The molecule has 9 heteroatoms. The first-order valence-corrected chi connectivity index (χ1v) is 9.18. The quantitative estimate of drug-likeness (QED) is 0.425. The van der Waals surface area contributed by atoms with Crippen molar-refractivity contribution in [3.63, 3.8) is 0 Å². The summed E-state index contributed by atoms with van der Waals surface area (Å²) in [5, 5.41) is 10.1. The number of imidazole rings is 1. The molecule has 5 nitrogen and oxygen atoms in total. The fourth-order valence-electron chi connectivity index (χ4n) is 2.63. The van der Waals surface area contributed by atoms with Crippen molar-refractivity contribution in [3.8, 4) is 5.88 Å². The Kier molecular flexibility index (Phi) is 4.03. The van der Waals surface area contributed by atoms with Crippen molar-refractivity contribution in [2.75, 3.05) is 0 Å². The molecule has 0 aliphatic rings. The van der Waals surface area contributed by atoms with Gasteiger partial charge in [-0.25, -0.2) is 9.55 Å². The first kappa shape index (κ1) is 16.2. The highest BCUT2D eigenvalue weighted by atomic mass is 35.5. The molecule has 0 saturated heterocycles. The highest BCUT2D eigenvalue weighted by molar-refractivity contribution is 7.15. The van der Waals surface area contributed by atoms with Crippen LogP contribution in [0.2, 0.25) is 4.47 Å². The zero-order chi connectivity index (χ0) is 17.6. The van der Waals surface area contributed by atoms with Crippen LogP contribution in [0, 0.1) is 5.13 Å². The van der Waals surface area contributed by atoms with Gasteiger partial charge < -0.3 is 5.11 Å². The van der Waals surface area contributed by atoms with E-state index in [1.165, 1.54) is 27.9 Å². The van der Waals surface area contributed by atoms with E-state index in [1.54, 1.807) is 29.1 Å². The number of carbonyl (C=O) groups is 1. The molecule has 0 fully saturated rings. The number of nitrogens with zero attached hydrogens (tertiary/aromatic N) is 3. The average Bonchev–Trinajstić information content (AvgIpc) is 3.28. The van der Waals surface area contributed by atoms with Crippen molar-refractivity contribution in [2.24, 2.45) is 0 Å². The molecule has 126 valence electrons. The van der Waals surface area contributed by atoms with E-state index in [4.69, 9.17) is 11.6 Å². The van der Waals surface area contributed by atoms with Gasteiger partial charge >= 0.3 is 5.88 Å². The lowest BCUT2D eigenvalue weighted by molar-refractivity contribution is -0.521. The molecule has 0 bridgehead atoms. The van der Waals surface area contributed by atoms with Gasteiger partial charge in [-0.1, -0.05) is 17.7 Å². The summed E-state index contributed by atoms with van der Waals surface area (Å²) in [5.41, 5.74) is 0.725. The number of rotatable bonds is 4. The third-order valence-electron chi connectivity index (χ3n) is 3.68. The van der Waals surface area contributed by atoms with Crippen LogP contribution in [0.4, 0.5) is 4.39 Å². The van der Waals surface area contributed by atoms with E-state index in [2.05, 4.69) is 4.98 Å². The van der Waals surface area contributed by atoms with Crippen LogP contribution in [-0.4, -0.2) is 20.4 Å². The van der Waals surface area contributed by atoms with Gasteiger partial charge in [0, 0.05) is 12.3 Å². The zero-order valence-corrected chi connectivity index (χ0v) is 14.9. The summed E-state index contributed by atoms with van der Waals surface area (Å²) in [4.78, 5) is 17.9. The number of hydrogen-bond acceptors (Lipinski definition) is 5. The van der Waals surface area contributed by atoms with Gasteiger partial charge in [0.15, 0.2) is 9.60 Å². The Bertz CT molecular complexity index is 1100. The Morgan fingerprint density at radius 3 is 2.84 bits per heavy atom. The molecule has 0 radical (unpaired) electrons. The van der Waals surface area contributed by atoms with Crippen LogP contribution < -0.4 is 4.40 Å². The number of thiophene rings is 1. The van der Waals surface area contributed by atoms with Gasteiger partial charge in [0.1, 0.15) is 6.54 Å². The van der Waals surface area contributed by atoms with Crippen molar-refractivity contribution in [1.82, 2.24) is 9.55 Å². The van der Waals surface area contributed by atoms with Crippen molar-refractivity contribution < 1.29 is 18.7 Å². The first-order chi connectivity index (χ1) is 12.0. The number of aromatic nitrogens is 3. The standard InChI is InChI=1S/C16H9ClFN3O2S2/c17-16-19-7-9(24-16)8-21-12-3-1-2-6-20(12)15(23)13(21)14(22)10-4-5-11(18)25-10/h1-7H,8H2/p+1. The summed E-state index contributed by atoms with van der Waals surface area (Å²) < 4.78 is 16.9. The molecular formula is C16H10ClFN3O2S2+. The number of carbonyl (C=O) groups excluding carboxylic acids is 1. The molecule has 0 spiro atoms. The number of hydrogen-bond donors (Lipinski definition) is 1. The molecule has 4 heterocycles. The van der Waals surface area contributed by atoms with Gasteiger partial charge in [0.2, 0.25) is 5.78 Å². The minimum atomic E-state index is -0.451. The Balaban J connectivity index is 1.91. The smallest absolute Gasteiger partial charge is 0.339 e. The monoisotopic (exact) mass is 394 g/mol. The van der Waals surface area contributed by atoms with Gasteiger partial charge in [-0.2, -0.15) is 8.79 Å². The second-order valence-electron chi connectivity index (χ2n) is 5.20. The molecule has 4 rings (SSSR count). The second kappa shape index (κ2) is 6.21. The van der Waals surface area contributed by atoms with Crippen LogP contribution in [0.15, 0.2) is 42.7 Å². The Morgan fingerprint density at radius 2 is 2.16 bits per heavy atom. The maximum atomic E-state index is 13.3. The lowest BCUT2D eigenvalue weighted by Gasteiger charge is -1.99. The number of fused-ring (bicyclic) bond motifs is 1. The number of ketones is 1. The summed E-state index contributed by atoms with van der Waals surface area (Å²) in [5.74, 6) is -0.629. The number of aromatic hydroxyl groups is 1. The summed E-state index contributed by atoms with van der Waals surface area (Å²) in [6, 6.07) is 7.99. The molecular weight excluding hydrogens is 385 g/mol. The molecule has 25 heavy (non-hydrogen) atoms. The van der Waals surface area contributed by atoms with Crippen molar-refractivity contribution in [3.05, 3.63) is 67.8 Å². The molecule has 4 aromatic rings. The molecule has 0 aliphatic heterocycles. The second-order valence-corrected chi connectivity index (χ2v) is 7.93. The predicted molar refractivity (Wildman–Crippen MR) is 93.2 cm³/mol. The third-order valence-corrected chi connectivity index (χ3v) is 5.65. The van der Waals surface area contributed by atoms with Crippen molar-refractivity contribution >= 4 is 45.7 Å². The van der Waals surface area contributed by atoms with E-state index in [9.17, 15) is 14.3 Å². The van der Waals surface area contributed by atoms with Gasteiger partial charge in [-0.05, 0) is 18.2 Å². The van der Waals surface area contributed by atoms with Crippen LogP contribution in [0.5, 0.6) is 5.88 Å². The highest BCUT2D eigenvalue weighted by Crippen LogP contribution is 2.27. The van der Waals surface area contributed by atoms with Gasteiger partial charge in [0.25, 0.3) is 11.3 Å². The van der Waals surface area contributed by atoms with Gasteiger partial charge in [-0.15, -0.1) is 22.7 Å². The minimum absolute atomic E-state index is 0.0950. The summed E-state index contributed by atoms with van der Waals surface area (Å²) >= 11 is 7.93. The molecule has 0 aromatic carbocycles. The molecule has 1 N–H and O–H groups in total. The molecule has 0 atom stereocenters. The molecule has 0 saturated carbocycles. The van der Waals surface area contributed by atoms with Crippen LogP contribution >= 0.6 is 34.3 Å². The van der Waals surface area contributed by atoms with E-state index in [-0.39, 0.29) is 16.5 Å². The van der Waals surface area contributed by atoms with E-state index in [0.717, 1.165) is 16.2 Å². The molecule has 0 unspecified atom stereocenters. The van der Waals surface area contributed by atoms with Crippen LogP contribution in [0.25, 0.3) is 5.65 Å². The molecule has 4 aromatic heterocycles. The molecule has 0 aliphatic carbocycles. The predicted octanol–water partition coefficient (Wildman–Crippen LogP) is 3.52. The number of thiazole rings is 1. The number of pyridine rings is 1. The summed E-state index contributed by atoms with van der Waals surface area (Å²) in [6.45, 7) is 0.313. The highest BCUT2D eigenvalue weighted by Gasteiger charge is 2.32. The van der Waals surface area contributed by atoms with Crippen molar-refractivity contribution in [2.45, 2.75) is 6.54 Å². The topological polar surface area (TPSA) is 59.2 Å². The first-order valence-electron chi connectivity index (χ1n) is 7.16. The fraction of sp³-hybridized carbons (Fsp3) is 0.0625. The maximum Gasteiger partial charge on any atom is 0.339 e. The third kappa shape index (κ3) is 2.82. The lowest BCUT2D eigenvalue weighted by atomic mass is 10.2. The largest absolute Gasteiger partial charge is 0.474 e. The van der Waals surface area contributed by atoms with E-state index < -0.39 is 10.9 Å². The Labute approximate surface area is 154 Å². The zero-order valence-electron chi connectivity index (χ0n) is 12.5. The van der Waals surface area contributed by atoms with Gasteiger partial charge in [-0.3, -0.25) is 4.79 Å². The van der Waals surface area contributed by atoms with E-state index >= 15 is 0 Å². The Hall–Kier alpha value is -2.29. The fourth-order valence-corrected chi connectivity index (χ4v) is 4.27. The van der Waals surface area contributed by atoms with Crippen LogP contribution in [0.3, 0.4) is 0 Å². The van der Waals surface area contributed by atoms with Crippen LogP contribution in [0.1, 0.15) is 20.2 Å². The Morgan fingerprint density at radius 1 is 1.32 bits per heavy atom. The summed E-state index contributed by atoms with van der Waals surface area (Å²) in [6.07, 6.45) is 3.29. The number of halogens is 2.